The van der Waals surface area contributed by atoms with E-state index in [1.54, 1.807) is 0 Å². The fraction of sp³-hybridized carbons (Fsp3) is 0.846. The summed E-state index contributed by atoms with van der Waals surface area (Å²) in [5.41, 5.74) is 5.83. The van der Waals surface area contributed by atoms with Crippen molar-refractivity contribution in [2.24, 2.45) is 17.6 Å². The first kappa shape index (κ1) is 16.1. The molecule has 3 atom stereocenters. The van der Waals surface area contributed by atoms with E-state index in [1.165, 1.54) is 6.92 Å². The van der Waals surface area contributed by atoms with Gasteiger partial charge in [0, 0.05) is 0 Å². The first-order valence-corrected chi connectivity index (χ1v) is 6.35. The Morgan fingerprint density at radius 1 is 1.24 bits per heavy atom. The first-order chi connectivity index (χ1) is 7.79. The van der Waals surface area contributed by atoms with Crippen LogP contribution in [0, 0.1) is 11.8 Å². The first-order valence-electron chi connectivity index (χ1n) is 6.35. The fourth-order valence-electron chi connectivity index (χ4n) is 1.58. The van der Waals surface area contributed by atoms with Crippen LogP contribution in [0.4, 0.5) is 0 Å². The van der Waals surface area contributed by atoms with Gasteiger partial charge in [-0.3, -0.25) is 9.59 Å². The van der Waals surface area contributed by atoms with Crippen molar-refractivity contribution in [2.75, 3.05) is 0 Å². The van der Waals surface area contributed by atoms with Gasteiger partial charge in [0.15, 0.2) is 5.78 Å². The van der Waals surface area contributed by atoms with E-state index in [0.29, 0.717) is 12.3 Å². The number of hydrogen-bond donors (Lipinski definition) is 2. The number of nitrogens with two attached hydrogens (primary N) is 1. The number of carbonyl (C=O) groups excluding carboxylic acids is 2. The lowest BCUT2D eigenvalue weighted by Gasteiger charge is -2.23. The van der Waals surface area contributed by atoms with Crippen LogP contribution in [0.1, 0.15) is 47.5 Å². The molecule has 4 nitrogen and oxygen atoms in total. The normalized spacial score (nSPS) is 16.4. The zero-order chi connectivity index (χ0) is 13.6. The zero-order valence-corrected chi connectivity index (χ0v) is 11.6. The van der Waals surface area contributed by atoms with Gasteiger partial charge >= 0.3 is 0 Å². The third-order valence-electron chi connectivity index (χ3n) is 3.07. The Morgan fingerprint density at radius 3 is 2.12 bits per heavy atom. The molecule has 0 aliphatic rings. The van der Waals surface area contributed by atoms with Gasteiger partial charge in [-0.1, -0.05) is 34.1 Å². The lowest BCUT2D eigenvalue weighted by molar-refractivity contribution is -0.128. The molecule has 0 aromatic heterocycles. The van der Waals surface area contributed by atoms with Crippen molar-refractivity contribution in [1.82, 2.24) is 5.32 Å². The Balaban J connectivity index is 4.45. The Bertz CT molecular complexity index is 264. The van der Waals surface area contributed by atoms with Gasteiger partial charge in [-0.25, -0.2) is 0 Å². The molecule has 0 radical (unpaired) electrons. The lowest BCUT2D eigenvalue weighted by atomic mass is 9.97. The molecule has 4 heteroatoms. The molecular formula is C13H26N2O2. The average molecular weight is 242 g/mol. The largest absolute Gasteiger partial charge is 0.345 e. The summed E-state index contributed by atoms with van der Waals surface area (Å²) in [5, 5.41) is 2.75. The van der Waals surface area contributed by atoms with E-state index < -0.39 is 12.1 Å². The molecule has 0 bridgehead atoms. The van der Waals surface area contributed by atoms with E-state index in [0.717, 1.165) is 6.42 Å². The van der Waals surface area contributed by atoms with Crippen LogP contribution in [-0.4, -0.2) is 23.8 Å². The maximum absolute atomic E-state index is 11.9. The average Bonchev–Trinajstić information content (AvgIpc) is 2.25. The van der Waals surface area contributed by atoms with Crippen LogP contribution >= 0.6 is 0 Å². The zero-order valence-electron chi connectivity index (χ0n) is 11.6. The number of hydrogen-bond acceptors (Lipinski definition) is 3. The summed E-state index contributed by atoms with van der Waals surface area (Å²) in [5.74, 6) is 0.259. The molecule has 17 heavy (non-hydrogen) atoms. The number of carbonyl (C=O) groups is 2. The molecule has 0 aliphatic carbocycles. The van der Waals surface area contributed by atoms with Crippen molar-refractivity contribution >= 4 is 11.7 Å². The van der Waals surface area contributed by atoms with Gasteiger partial charge in [-0.05, 0) is 25.2 Å². The maximum Gasteiger partial charge on any atom is 0.237 e. The van der Waals surface area contributed by atoms with Gasteiger partial charge in [0.2, 0.25) is 5.91 Å². The third kappa shape index (κ3) is 5.82. The molecule has 0 heterocycles. The minimum atomic E-state index is -0.533. The number of amides is 1. The molecule has 0 aromatic rings. The predicted molar refractivity (Wildman–Crippen MR) is 69.5 cm³/mol. The topological polar surface area (TPSA) is 72.2 Å². The van der Waals surface area contributed by atoms with Gasteiger partial charge in [0.25, 0.3) is 0 Å². The number of nitrogens with one attached hydrogen (secondary N) is 1. The van der Waals surface area contributed by atoms with Gasteiger partial charge < -0.3 is 11.1 Å². The molecular weight excluding hydrogens is 216 g/mol. The van der Waals surface area contributed by atoms with Crippen LogP contribution in [0.3, 0.4) is 0 Å². The summed E-state index contributed by atoms with van der Waals surface area (Å²) in [6, 6.07) is -0.938. The second-order valence-electron chi connectivity index (χ2n) is 5.21. The number of Topliss-reactive ketones (excluding diaryl/α,β-unsaturated/α-hetero) is 1. The smallest absolute Gasteiger partial charge is 0.237 e. The Kier molecular flexibility index (Phi) is 7.04. The molecule has 0 aliphatic heterocycles. The fourth-order valence-corrected chi connectivity index (χ4v) is 1.58. The van der Waals surface area contributed by atoms with E-state index >= 15 is 0 Å². The van der Waals surface area contributed by atoms with E-state index in [-0.39, 0.29) is 17.6 Å². The summed E-state index contributed by atoms with van der Waals surface area (Å²) in [4.78, 5) is 23.3. The van der Waals surface area contributed by atoms with Crippen molar-refractivity contribution in [3.05, 3.63) is 0 Å². The highest BCUT2D eigenvalue weighted by Crippen LogP contribution is 2.09. The van der Waals surface area contributed by atoms with Gasteiger partial charge in [0.05, 0.1) is 12.1 Å². The van der Waals surface area contributed by atoms with E-state index in [9.17, 15) is 9.59 Å². The van der Waals surface area contributed by atoms with E-state index in [2.05, 4.69) is 5.32 Å². The van der Waals surface area contributed by atoms with Crippen molar-refractivity contribution in [3.8, 4) is 0 Å². The van der Waals surface area contributed by atoms with E-state index in [4.69, 9.17) is 5.73 Å². The van der Waals surface area contributed by atoms with Crippen LogP contribution in [-0.2, 0) is 9.59 Å². The summed E-state index contributed by atoms with van der Waals surface area (Å²) < 4.78 is 0. The van der Waals surface area contributed by atoms with Crippen LogP contribution in [0.15, 0.2) is 0 Å². The van der Waals surface area contributed by atoms with Crippen LogP contribution in [0.5, 0.6) is 0 Å². The summed E-state index contributed by atoms with van der Waals surface area (Å²) in [6.45, 7) is 9.49. The molecule has 0 fully saturated rings. The highest BCUT2D eigenvalue weighted by Gasteiger charge is 2.24. The summed E-state index contributed by atoms with van der Waals surface area (Å²) >= 11 is 0. The molecule has 1 amide bonds. The Labute approximate surface area is 104 Å². The number of ketones is 1. The SMILES string of the molecule is CC[C@H](C)[C@H](N)C(=O)NC(CC(C)C)C(C)=O. The van der Waals surface area contributed by atoms with Crippen LogP contribution in [0.25, 0.3) is 0 Å². The Hall–Kier alpha value is -0.900. The third-order valence-corrected chi connectivity index (χ3v) is 3.07. The maximum atomic E-state index is 11.9. The molecule has 0 spiro atoms. The number of rotatable bonds is 7. The van der Waals surface area contributed by atoms with E-state index in [1.807, 2.05) is 27.7 Å². The monoisotopic (exact) mass is 242 g/mol. The van der Waals surface area contributed by atoms with Crippen molar-refractivity contribution in [3.63, 3.8) is 0 Å². The highest BCUT2D eigenvalue weighted by atomic mass is 16.2. The van der Waals surface area contributed by atoms with Crippen molar-refractivity contribution in [1.29, 1.82) is 0 Å². The van der Waals surface area contributed by atoms with Crippen molar-refractivity contribution < 1.29 is 9.59 Å². The Morgan fingerprint density at radius 2 is 1.76 bits per heavy atom. The predicted octanol–water partition coefficient (Wildman–Crippen LogP) is 1.48. The molecule has 1 unspecified atom stereocenters. The standard InChI is InChI=1S/C13H26N2O2/c1-6-9(4)12(14)13(17)15-11(10(5)16)7-8(2)3/h8-9,11-12H,6-7,14H2,1-5H3,(H,15,17)/t9-,11?,12-/m0/s1. The lowest BCUT2D eigenvalue weighted by Crippen LogP contribution is -2.50. The van der Waals surface area contributed by atoms with Gasteiger partial charge in [-0.2, -0.15) is 0 Å². The molecule has 0 saturated heterocycles. The quantitative estimate of drug-likeness (QED) is 0.710. The van der Waals surface area contributed by atoms with Crippen LogP contribution in [0.2, 0.25) is 0 Å². The highest BCUT2D eigenvalue weighted by molar-refractivity contribution is 5.89. The summed E-state index contributed by atoms with van der Waals surface area (Å²) in [6.07, 6.45) is 1.51. The summed E-state index contributed by atoms with van der Waals surface area (Å²) in [7, 11) is 0. The van der Waals surface area contributed by atoms with Crippen molar-refractivity contribution in [2.45, 2.75) is 59.5 Å². The second kappa shape index (κ2) is 7.43. The minimum Gasteiger partial charge on any atom is -0.345 e. The molecule has 0 aromatic carbocycles. The molecule has 3 N–H and O–H groups in total. The molecule has 0 rings (SSSR count). The van der Waals surface area contributed by atoms with Crippen LogP contribution < -0.4 is 11.1 Å². The molecule has 0 saturated carbocycles. The molecule has 100 valence electrons. The van der Waals surface area contributed by atoms with Gasteiger partial charge in [-0.15, -0.1) is 0 Å². The minimum absolute atomic E-state index is 0.0107. The van der Waals surface area contributed by atoms with Gasteiger partial charge in [0.1, 0.15) is 0 Å². The second-order valence-corrected chi connectivity index (χ2v) is 5.21.